The largest absolute Gasteiger partial charge is 0.324 e. The van der Waals surface area contributed by atoms with Gasteiger partial charge in [0.2, 0.25) is 0 Å². The van der Waals surface area contributed by atoms with E-state index < -0.39 is 0 Å². The molecule has 0 radical (unpaired) electrons. The van der Waals surface area contributed by atoms with Gasteiger partial charge in [-0.3, -0.25) is 0 Å². The molecule has 0 saturated heterocycles. The highest BCUT2D eigenvalue weighted by atomic mass is 127. The summed E-state index contributed by atoms with van der Waals surface area (Å²) in [5.74, 6) is -0.327. The van der Waals surface area contributed by atoms with Gasteiger partial charge in [0.1, 0.15) is 5.82 Å². The van der Waals surface area contributed by atoms with Crippen LogP contribution in [0.4, 0.5) is 4.39 Å². The van der Waals surface area contributed by atoms with Gasteiger partial charge >= 0.3 is 0 Å². The van der Waals surface area contributed by atoms with Crippen molar-refractivity contribution >= 4 is 34.2 Å². The van der Waals surface area contributed by atoms with Crippen LogP contribution in [0, 0.1) is 9.39 Å². The summed E-state index contributed by atoms with van der Waals surface area (Å²) in [5.41, 5.74) is 8.07. The summed E-state index contributed by atoms with van der Waals surface area (Å²) in [7, 11) is 0. The molecule has 1 nitrogen and oxygen atoms in total. The predicted molar refractivity (Wildman–Crippen MR) is 81.2 cm³/mol. The monoisotopic (exact) mass is 375 g/mol. The lowest BCUT2D eigenvalue weighted by Gasteiger charge is -2.13. The maximum absolute atomic E-state index is 12.9. The fourth-order valence-electron chi connectivity index (χ4n) is 1.78. The normalized spacial score (nSPS) is 12.4. The fraction of sp³-hybridized carbons (Fsp3) is 0.143. The summed E-state index contributed by atoms with van der Waals surface area (Å²) < 4.78 is 14.1. The molecular weight excluding hydrogens is 364 g/mol. The van der Waals surface area contributed by atoms with Gasteiger partial charge in [-0.15, -0.1) is 0 Å². The third-order valence-electron chi connectivity index (χ3n) is 2.73. The number of hydrogen-bond donors (Lipinski definition) is 1. The summed E-state index contributed by atoms with van der Waals surface area (Å²) in [6, 6.07) is 12.3. The lowest BCUT2D eigenvalue weighted by atomic mass is 10.00. The van der Waals surface area contributed by atoms with Crippen molar-refractivity contribution in [3.8, 4) is 0 Å². The van der Waals surface area contributed by atoms with E-state index in [1.54, 1.807) is 6.07 Å². The first-order valence-corrected chi connectivity index (χ1v) is 6.97. The molecule has 0 fully saturated rings. The Bertz CT molecular complexity index is 559. The van der Waals surface area contributed by atoms with Crippen molar-refractivity contribution in [1.82, 2.24) is 0 Å². The molecule has 0 aromatic heterocycles. The van der Waals surface area contributed by atoms with Gasteiger partial charge in [0.25, 0.3) is 0 Å². The number of hydrogen-bond acceptors (Lipinski definition) is 1. The Balaban J connectivity index is 2.18. The highest BCUT2D eigenvalue weighted by Crippen LogP contribution is 2.23. The Morgan fingerprint density at radius 3 is 2.67 bits per heavy atom. The second kappa shape index (κ2) is 5.99. The number of benzene rings is 2. The Hall–Kier alpha value is -0.650. The van der Waals surface area contributed by atoms with E-state index >= 15 is 0 Å². The molecular formula is C14H12ClFIN. The standard InChI is InChI=1S/C14H12ClFIN/c15-13-8-11(16)5-4-9(13)7-14(18)10-2-1-3-12(17)6-10/h1-6,8,14H,7,18H2. The SMILES string of the molecule is NC(Cc1ccc(F)cc1Cl)c1cccc(I)c1. The van der Waals surface area contributed by atoms with E-state index in [0.717, 1.165) is 14.7 Å². The minimum Gasteiger partial charge on any atom is -0.324 e. The van der Waals surface area contributed by atoms with Gasteiger partial charge in [-0.25, -0.2) is 4.39 Å². The van der Waals surface area contributed by atoms with Crippen LogP contribution in [-0.4, -0.2) is 0 Å². The molecule has 2 aromatic rings. The van der Waals surface area contributed by atoms with Gasteiger partial charge in [-0.2, -0.15) is 0 Å². The second-order valence-electron chi connectivity index (χ2n) is 4.10. The third kappa shape index (κ3) is 3.43. The molecule has 2 aromatic carbocycles. The van der Waals surface area contributed by atoms with Gasteiger partial charge in [0.15, 0.2) is 0 Å². The maximum atomic E-state index is 12.9. The van der Waals surface area contributed by atoms with Crippen LogP contribution in [0.5, 0.6) is 0 Å². The third-order valence-corrected chi connectivity index (χ3v) is 3.75. The predicted octanol–water partition coefficient (Wildman–Crippen LogP) is 4.33. The molecule has 1 atom stereocenters. The minimum absolute atomic E-state index is 0.136. The molecule has 0 heterocycles. The first kappa shape index (κ1) is 13.8. The molecule has 94 valence electrons. The van der Waals surface area contributed by atoms with Crippen LogP contribution in [-0.2, 0) is 6.42 Å². The summed E-state index contributed by atoms with van der Waals surface area (Å²) in [5, 5.41) is 0.427. The lowest BCUT2D eigenvalue weighted by Crippen LogP contribution is -2.13. The molecule has 18 heavy (non-hydrogen) atoms. The van der Waals surface area contributed by atoms with Crippen LogP contribution in [0.25, 0.3) is 0 Å². The quantitative estimate of drug-likeness (QED) is 0.794. The average Bonchev–Trinajstić information content (AvgIpc) is 2.32. The van der Waals surface area contributed by atoms with E-state index in [1.807, 2.05) is 24.3 Å². The minimum atomic E-state index is -0.327. The molecule has 2 N–H and O–H groups in total. The summed E-state index contributed by atoms with van der Waals surface area (Å²) in [6.07, 6.45) is 0.596. The summed E-state index contributed by atoms with van der Waals surface area (Å²) >= 11 is 8.24. The van der Waals surface area contributed by atoms with E-state index in [2.05, 4.69) is 22.6 Å². The van der Waals surface area contributed by atoms with Crippen LogP contribution >= 0.6 is 34.2 Å². The maximum Gasteiger partial charge on any atom is 0.124 e. The van der Waals surface area contributed by atoms with E-state index in [1.165, 1.54) is 12.1 Å². The molecule has 0 aliphatic heterocycles. The van der Waals surface area contributed by atoms with Gasteiger partial charge < -0.3 is 5.73 Å². The molecule has 0 aliphatic carbocycles. The molecule has 2 rings (SSSR count). The Kier molecular flexibility index (Phi) is 4.59. The van der Waals surface area contributed by atoms with Gasteiger partial charge in [-0.1, -0.05) is 29.8 Å². The number of rotatable bonds is 3. The van der Waals surface area contributed by atoms with Crippen molar-refractivity contribution in [2.45, 2.75) is 12.5 Å². The van der Waals surface area contributed by atoms with Crippen molar-refractivity contribution in [2.24, 2.45) is 5.73 Å². The number of nitrogens with two attached hydrogens (primary N) is 1. The molecule has 0 bridgehead atoms. The number of halogens is 3. The van der Waals surface area contributed by atoms with Crippen molar-refractivity contribution < 1.29 is 4.39 Å². The van der Waals surface area contributed by atoms with Crippen LogP contribution in [0.3, 0.4) is 0 Å². The van der Waals surface area contributed by atoms with Crippen molar-refractivity contribution in [1.29, 1.82) is 0 Å². The Morgan fingerprint density at radius 2 is 2.00 bits per heavy atom. The Labute approximate surface area is 124 Å². The van der Waals surface area contributed by atoms with Gasteiger partial charge in [0, 0.05) is 14.6 Å². The van der Waals surface area contributed by atoms with E-state index in [0.29, 0.717) is 11.4 Å². The molecule has 0 amide bonds. The van der Waals surface area contributed by atoms with E-state index in [4.69, 9.17) is 17.3 Å². The molecule has 4 heteroatoms. The van der Waals surface area contributed by atoms with Gasteiger partial charge in [0.05, 0.1) is 0 Å². The highest BCUT2D eigenvalue weighted by Gasteiger charge is 2.10. The van der Waals surface area contributed by atoms with Crippen molar-refractivity contribution in [3.63, 3.8) is 0 Å². The molecule has 0 saturated carbocycles. The molecule has 1 unspecified atom stereocenters. The van der Waals surface area contributed by atoms with Crippen molar-refractivity contribution in [3.05, 3.63) is 68.0 Å². The zero-order chi connectivity index (χ0) is 13.1. The van der Waals surface area contributed by atoms with Gasteiger partial charge in [-0.05, 0) is 64.4 Å². The van der Waals surface area contributed by atoms with Crippen LogP contribution < -0.4 is 5.73 Å². The summed E-state index contributed by atoms with van der Waals surface area (Å²) in [6.45, 7) is 0. The van der Waals surface area contributed by atoms with E-state index in [9.17, 15) is 4.39 Å². The summed E-state index contributed by atoms with van der Waals surface area (Å²) in [4.78, 5) is 0. The molecule has 0 aliphatic rings. The smallest absolute Gasteiger partial charge is 0.124 e. The zero-order valence-corrected chi connectivity index (χ0v) is 12.5. The first-order chi connectivity index (χ1) is 8.56. The zero-order valence-electron chi connectivity index (χ0n) is 9.54. The topological polar surface area (TPSA) is 26.0 Å². The van der Waals surface area contributed by atoms with Crippen LogP contribution in [0.2, 0.25) is 5.02 Å². The lowest BCUT2D eigenvalue weighted by molar-refractivity contribution is 0.625. The van der Waals surface area contributed by atoms with Crippen molar-refractivity contribution in [2.75, 3.05) is 0 Å². The van der Waals surface area contributed by atoms with Crippen LogP contribution in [0.1, 0.15) is 17.2 Å². The Morgan fingerprint density at radius 1 is 1.22 bits per heavy atom. The highest BCUT2D eigenvalue weighted by molar-refractivity contribution is 14.1. The average molecular weight is 376 g/mol. The van der Waals surface area contributed by atoms with E-state index in [-0.39, 0.29) is 11.9 Å². The molecule has 0 spiro atoms. The first-order valence-electron chi connectivity index (χ1n) is 5.51. The second-order valence-corrected chi connectivity index (χ2v) is 5.75. The fourth-order valence-corrected chi connectivity index (χ4v) is 2.59. The van der Waals surface area contributed by atoms with Crippen LogP contribution in [0.15, 0.2) is 42.5 Å².